The number of rotatable bonds is 4. The van der Waals surface area contributed by atoms with Crippen molar-refractivity contribution >= 4 is 12.1 Å². The summed E-state index contributed by atoms with van der Waals surface area (Å²) >= 11 is 0. The van der Waals surface area contributed by atoms with E-state index in [0.717, 1.165) is 29.8 Å². The molecule has 0 unspecified atom stereocenters. The topological polar surface area (TPSA) is 32.3 Å². The SMILES string of the molecule is Cc1cc(CN(C)C)cc(C)c1NC=O. The lowest BCUT2D eigenvalue weighted by Gasteiger charge is -2.14. The first-order chi connectivity index (χ1) is 7.04. The van der Waals surface area contributed by atoms with Crippen LogP contribution < -0.4 is 5.32 Å². The van der Waals surface area contributed by atoms with Crippen LogP contribution in [0.2, 0.25) is 0 Å². The first-order valence-electron chi connectivity index (χ1n) is 4.99. The molecule has 1 amide bonds. The molecule has 0 aliphatic heterocycles. The molecule has 0 bridgehead atoms. The summed E-state index contributed by atoms with van der Waals surface area (Å²) in [5.74, 6) is 0. The Hall–Kier alpha value is -1.35. The van der Waals surface area contributed by atoms with Crippen molar-refractivity contribution in [3.8, 4) is 0 Å². The molecule has 15 heavy (non-hydrogen) atoms. The number of amides is 1. The summed E-state index contributed by atoms with van der Waals surface area (Å²) in [4.78, 5) is 12.5. The molecule has 1 aromatic carbocycles. The Kier molecular flexibility index (Phi) is 3.86. The van der Waals surface area contributed by atoms with Gasteiger partial charge in [-0.05, 0) is 44.6 Å². The molecule has 0 heterocycles. The van der Waals surface area contributed by atoms with Crippen LogP contribution in [0, 0.1) is 13.8 Å². The van der Waals surface area contributed by atoms with Crippen LogP contribution in [-0.4, -0.2) is 25.4 Å². The summed E-state index contributed by atoms with van der Waals surface area (Å²) in [6.07, 6.45) is 0.723. The number of carbonyl (C=O) groups excluding carboxylic acids is 1. The number of anilines is 1. The Balaban J connectivity index is 3.02. The standard InChI is InChI=1S/C12H18N2O/c1-9-5-11(7-14(3)4)6-10(2)12(9)13-8-15/h5-6,8H,7H2,1-4H3,(H,13,15). The van der Waals surface area contributed by atoms with E-state index in [0.29, 0.717) is 0 Å². The van der Waals surface area contributed by atoms with Crippen LogP contribution >= 0.6 is 0 Å². The molecule has 0 saturated heterocycles. The van der Waals surface area contributed by atoms with Crippen LogP contribution in [0.25, 0.3) is 0 Å². The number of nitrogens with zero attached hydrogens (tertiary/aromatic N) is 1. The maximum atomic E-state index is 10.4. The molecule has 0 radical (unpaired) electrons. The lowest BCUT2D eigenvalue weighted by Crippen LogP contribution is -2.11. The average Bonchev–Trinajstić information content (AvgIpc) is 2.10. The second kappa shape index (κ2) is 4.94. The zero-order valence-corrected chi connectivity index (χ0v) is 9.79. The molecule has 1 rings (SSSR count). The smallest absolute Gasteiger partial charge is 0.211 e. The van der Waals surface area contributed by atoms with Crippen molar-refractivity contribution in [2.45, 2.75) is 20.4 Å². The number of aryl methyl sites for hydroxylation is 2. The highest BCUT2D eigenvalue weighted by atomic mass is 16.1. The second-order valence-corrected chi connectivity index (χ2v) is 4.10. The Labute approximate surface area is 91.1 Å². The van der Waals surface area contributed by atoms with Crippen molar-refractivity contribution in [2.24, 2.45) is 0 Å². The Morgan fingerprint density at radius 2 is 1.80 bits per heavy atom. The highest BCUT2D eigenvalue weighted by Crippen LogP contribution is 2.22. The van der Waals surface area contributed by atoms with E-state index < -0.39 is 0 Å². The molecule has 3 heteroatoms. The zero-order valence-electron chi connectivity index (χ0n) is 9.79. The summed E-state index contributed by atoms with van der Waals surface area (Å²) in [5, 5.41) is 2.73. The zero-order chi connectivity index (χ0) is 11.4. The van der Waals surface area contributed by atoms with Crippen LogP contribution in [0.1, 0.15) is 16.7 Å². The molecular weight excluding hydrogens is 188 g/mol. The third kappa shape index (κ3) is 3.06. The van der Waals surface area contributed by atoms with Crippen LogP contribution in [-0.2, 0) is 11.3 Å². The normalized spacial score (nSPS) is 10.5. The number of carbonyl (C=O) groups is 1. The summed E-state index contributed by atoms with van der Waals surface area (Å²) in [7, 11) is 4.09. The van der Waals surface area contributed by atoms with Gasteiger partial charge in [0.05, 0.1) is 0 Å². The maximum absolute atomic E-state index is 10.4. The van der Waals surface area contributed by atoms with Gasteiger partial charge >= 0.3 is 0 Å². The van der Waals surface area contributed by atoms with E-state index in [2.05, 4.69) is 22.3 Å². The molecule has 0 saturated carbocycles. The predicted octanol–water partition coefficient (Wildman–Crippen LogP) is 1.93. The van der Waals surface area contributed by atoms with Gasteiger partial charge in [0.25, 0.3) is 0 Å². The van der Waals surface area contributed by atoms with Gasteiger partial charge in [0, 0.05) is 12.2 Å². The summed E-state index contributed by atoms with van der Waals surface area (Å²) in [5.41, 5.74) is 4.41. The summed E-state index contributed by atoms with van der Waals surface area (Å²) in [6, 6.07) is 4.22. The molecule has 82 valence electrons. The minimum atomic E-state index is 0.723. The first-order valence-corrected chi connectivity index (χ1v) is 4.99. The van der Waals surface area contributed by atoms with Gasteiger partial charge < -0.3 is 10.2 Å². The van der Waals surface area contributed by atoms with Crippen molar-refractivity contribution in [1.29, 1.82) is 0 Å². The minimum absolute atomic E-state index is 0.723. The lowest BCUT2D eigenvalue weighted by molar-refractivity contribution is -0.105. The minimum Gasteiger partial charge on any atom is -0.328 e. The van der Waals surface area contributed by atoms with Crippen molar-refractivity contribution in [2.75, 3.05) is 19.4 Å². The van der Waals surface area contributed by atoms with Crippen molar-refractivity contribution in [1.82, 2.24) is 4.90 Å². The maximum Gasteiger partial charge on any atom is 0.211 e. The average molecular weight is 206 g/mol. The largest absolute Gasteiger partial charge is 0.328 e. The fourth-order valence-electron chi connectivity index (χ4n) is 1.80. The summed E-state index contributed by atoms with van der Waals surface area (Å²) in [6.45, 7) is 4.94. The van der Waals surface area contributed by atoms with Gasteiger partial charge in [0.1, 0.15) is 0 Å². The van der Waals surface area contributed by atoms with Gasteiger partial charge in [-0.2, -0.15) is 0 Å². The van der Waals surface area contributed by atoms with Gasteiger partial charge in [-0.1, -0.05) is 12.1 Å². The molecule has 0 aliphatic carbocycles. The Morgan fingerprint density at radius 3 is 2.20 bits per heavy atom. The molecule has 0 atom stereocenters. The van der Waals surface area contributed by atoms with Crippen molar-refractivity contribution in [3.63, 3.8) is 0 Å². The molecule has 0 aliphatic rings. The quantitative estimate of drug-likeness (QED) is 0.763. The van der Waals surface area contributed by atoms with Gasteiger partial charge in [-0.3, -0.25) is 4.79 Å². The van der Waals surface area contributed by atoms with Crippen LogP contribution in [0.3, 0.4) is 0 Å². The van der Waals surface area contributed by atoms with Crippen molar-refractivity contribution < 1.29 is 4.79 Å². The molecule has 0 aromatic heterocycles. The molecular formula is C12H18N2O. The first kappa shape index (κ1) is 11.7. The van der Waals surface area contributed by atoms with E-state index in [1.54, 1.807) is 0 Å². The second-order valence-electron chi connectivity index (χ2n) is 4.10. The van der Waals surface area contributed by atoms with E-state index in [4.69, 9.17) is 0 Å². The third-order valence-corrected chi connectivity index (χ3v) is 2.29. The highest BCUT2D eigenvalue weighted by Gasteiger charge is 2.04. The fourth-order valence-corrected chi connectivity index (χ4v) is 1.80. The molecule has 1 aromatic rings. The monoisotopic (exact) mass is 206 g/mol. The number of hydrogen-bond donors (Lipinski definition) is 1. The van der Waals surface area contributed by atoms with Crippen LogP contribution in [0.4, 0.5) is 5.69 Å². The predicted molar refractivity (Wildman–Crippen MR) is 63.0 cm³/mol. The van der Waals surface area contributed by atoms with E-state index in [1.165, 1.54) is 5.56 Å². The number of nitrogens with one attached hydrogen (secondary N) is 1. The van der Waals surface area contributed by atoms with E-state index >= 15 is 0 Å². The fraction of sp³-hybridized carbons (Fsp3) is 0.417. The van der Waals surface area contributed by atoms with Gasteiger partial charge in [-0.25, -0.2) is 0 Å². The van der Waals surface area contributed by atoms with Crippen LogP contribution in [0.15, 0.2) is 12.1 Å². The highest BCUT2D eigenvalue weighted by molar-refractivity contribution is 5.75. The summed E-state index contributed by atoms with van der Waals surface area (Å²) < 4.78 is 0. The Morgan fingerprint density at radius 1 is 1.27 bits per heavy atom. The lowest BCUT2D eigenvalue weighted by atomic mass is 10.0. The van der Waals surface area contributed by atoms with Gasteiger partial charge in [0.15, 0.2) is 0 Å². The molecule has 0 fully saturated rings. The Bertz CT molecular complexity index is 336. The van der Waals surface area contributed by atoms with Gasteiger partial charge in [-0.15, -0.1) is 0 Å². The third-order valence-electron chi connectivity index (χ3n) is 2.29. The van der Waals surface area contributed by atoms with E-state index in [1.807, 2.05) is 27.9 Å². The molecule has 1 N–H and O–H groups in total. The molecule has 3 nitrogen and oxygen atoms in total. The van der Waals surface area contributed by atoms with E-state index in [-0.39, 0.29) is 0 Å². The van der Waals surface area contributed by atoms with Gasteiger partial charge in [0.2, 0.25) is 6.41 Å². The molecule has 0 spiro atoms. The number of hydrogen-bond acceptors (Lipinski definition) is 2. The number of benzene rings is 1. The van der Waals surface area contributed by atoms with Crippen molar-refractivity contribution in [3.05, 3.63) is 28.8 Å². The van der Waals surface area contributed by atoms with E-state index in [9.17, 15) is 4.79 Å². The van der Waals surface area contributed by atoms with Crippen LogP contribution in [0.5, 0.6) is 0 Å².